The van der Waals surface area contributed by atoms with Crippen molar-refractivity contribution in [3.05, 3.63) is 40.3 Å². The van der Waals surface area contributed by atoms with Gasteiger partial charge in [-0.05, 0) is 43.1 Å². The molecule has 0 atom stereocenters. The smallest absolute Gasteiger partial charge is 0.261 e. The van der Waals surface area contributed by atoms with E-state index in [1.807, 2.05) is 19.9 Å². The molecule has 6 nitrogen and oxygen atoms in total. The van der Waals surface area contributed by atoms with Gasteiger partial charge < -0.3 is 16.4 Å². The van der Waals surface area contributed by atoms with Crippen molar-refractivity contribution in [2.45, 2.75) is 53.5 Å². The van der Waals surface area contributed by atoms with Gasteiger partial charge in [0.05, 0.1) is 10.6 Å². The highest BCUT2D eigenvalue weighted by atomic mass is 32.1. The van der Waals surface area contributed by atoms with Gasteiger partial charge >= 0.3 is 0 Å². The summed E-state index contributed by atoms with van der Waals surface area (Å²) in [6.07, 6.45) is 3.66. The Hall–Kier alpha value is -2.51. The molecule has 0 fully saturated rings. The fraction of sp³-hybridized carbons (Fsp3) is 0.435. The molecule has 30 heavy (non-hydrogen) atoms. The standard InChI is InChI=1S/C21H27N5OS.C2H6/c1-4-5-6-9-24-12-14-8-7-13(2)15(10-14)18-16-11-17(19(27)23-3)28-20(16)26-21(22)25-18;1-2/h7-8,10-11,24H,4-6,9,12H2,1-3H3,(H,23,27)(H2,22,25,26);1-2H3. The van der Waals surface area contributed by atoms with Crippen LogP contribution >= 0.6 is 11.3 Å². The number of hydrogen-bond acceptors (Lipinski definition) is 6. The number of nitrogens with two attached hydrogens (primary N) is 1. The van der Waals surface area contributed by atoms with Gasteiger partial charge in [0.15, 0.2) is 0 Å². The molecule has 0 radical (unpaired) electrons. The van der Waals surface area contributed by atoms with E-state index in [2.05, 4.69) is 52.6 Å². The third-order valence-electron chi connectivity index (χ3n) is 4.70. The first-order valence-corrected chi connectivity index (χ1v) is 11.4. The van der Waals surface area contributed by atoms with E-state index in [0.717, 1.165) is 40.1 Å². The van der Waals surface area contributed by atoms with E-state index in [1.165, 1.54) is 36.2 Å². The molecule has 2 aromatic heterocycles. The average Bonchev–Trinajstić information content (AvgIpc) is 3.19. The van der Waals surface area contributed by atoms with Gasteiger partial charge in [-0.2, -0.15) is 0 Å². The fourth-order valence-corrected chi connectivity index (χ4v) is 4.13. The number of carbonyl (C=O) groups excluding carboxylic acids is 1. The van der Waals surface area contributed by atoms with E-state index < -0.39 is 0 Å². The van der Waals surface area contributed by atoms with Gasteiger partial charge in [-0.15, -0.1) is 11.3 Å². The van der Waals surface area contributed by atoms with Crippen molar-refractivity contribution in [2.75, 3.05) is 19.3 Å². The lowest BCUT2D eigenvalue weighted by Gasteiger charge is -2.11. The Kier molecular flexibility index (Phi) is 9.20. The summed E-state index contributed by atoms with van der Waals surface area (Å²) in [4.78, 5) is 22.2. The Morgan fingerprint density at radius 2 is 1.93 bits per heavy atom. The number of benzene rings is 1. The van der Waals surface area contributed by atoms with E-state index in [1.54, 1.807) is 7.05 Å². The Morgan fingerprint density at radius 3 is 2.63 bits per heavy atom. The number of rotatable bonds is 8. The van der Waals surface area contributed by atoms with E-state index in [-0.39, 0.29) is 11.9 Å². The van der Waals surface area contributed by atoms with Crippen molar-refractivity contribution >= 4 is 33.4 Å². The summed E-state index contributed by atoms with van der Waals surface area (Å²) in [6.45, 7) is 10.1. The lowest BCUT2D eigenvalue weighted by atomic mass is 10.00. The molecule has 0 saturated carbocycles. The number of nitrogens with zero attached hydrogens (tertiary/aromatic N) is 2. The summed E-state index contributed by atoms with van der Waals surface area (Å²) in [7, 11) is 1.62. The largest absolute Gasteiger partial charge is 0.368 e. The van der Waals surface area contributed by atoms with Crippen LogP contribution in [-0.2, 0) is 6.54 Å². The van der Waals surface area contributed by atoms with Gasteiger partial charge in [0.25, 0.3) is 5.91 Å². The van der Waals surface area contributed by atoms with Crippen LogP contribution < -0.4 is 16.4 Å². The van der Waals surface area contributed by atoms with E-state index in [0.29, 0.717) is 4.88 Å². The molecule has 0 saturated heterocycles. The number of unbranched alkanes of at least 4 members (excludes halogenated alkanes) is 2. The lowest BCUT2D eigenvalue weighted by Crippen LogP contribution is -2.15. The van der Waals surface area contributed by atoms with E-state index in [9.17, 15) is 4.79 Å². The Balaban J connectivity index is 0.00000155. The minimum atomic E-state index is -0.130. The van der Waals surface area contributed by atoms with Crippen molar-refractivity contribution < 1.29 is 4.79 Å². The van der Waals surface area contributed by atoms with Crippen LogP contribution in [0.25, 0.3) is 21.5 Å². The number of thiophene rings is 1. The molecule has 1 amide bonds. The van der Waals surface area contributed by atoms with Crippen molar-refractivity contribution in [3.63, 3.8) is 0 Å². The van der Waals surface area contributed by atoms with Crippen molar-refractivity contribution in [1.29, 1.82) is 0 Å². The maximum absolute atomic E-state index is 12.0. The molecule has 1 aromatic carbocycles. The highest BCUT2D eigenvalue weighted by molar-refractivity contribution is 7.20. The van der Waals surface area contributed by atoms with Crippen LogP contribution in [0.15, 0.2) is 24.3 Å². The summed E-state index contributed by atoms with van der Waals surface area (Å²) in [5.41, 5.74) is 10.1. The molecule has 0 aliphatic carbocycles. The predicted octanol–water partition coefficient (Wildman–Crippen LogP) is 4.91. The minimum absolute atomic E-state index is 0.130. The average molecular weight is 428 g/mol. The van der Waals surface area contributed by atoms with Crippen LogP contribution in [0, 0.1) is 6.92 Å². The van der Waals surface area contributed by atoms with Crippen LogP contribution in [-0.4, -0.2) is 29.5 Å². The van der Waals surface area contributed by atoms with Crippen LogP contribution in [0.4, 0.5) is 5.95 Å². The van der Waals surface area contributed by atoms with Crippen molar-refractivity contribution in [1.82, 2.24) is 20.6 Å². The summed E-state index contributed by atoms with van der Waals surface area (Å²) >= 11 is 1.33. The van der Waals surface area contributed by atoms with Crippen LogP contribution in [0.5, 0.6) is 0 Å². The maximum atomic E-state index is 12.0. The van der Waals surface area contributed by atoms with Crippen LogP contribution in [0.3, 0.4) is 0 Å². The summed E-state index contributed by atoms with van der Waals surface area (Å²) in [5.74, 6) is 0.0876. The highest BCUT2D eigenvalue weighted by Gasteiger charge is 2.17. The van der Waals surface area contributed by atoms with Gasteiger partial charge in [0, 0.05) is 24.5 Å². The minimum Gasteiger partial charge on any atom is -0.368 e. The summed E-state index contributed by atoms with van der Waals surface area (Å²) in [6, 6.07) is 8.24. The van der Waals surface area contributed by atoms with Crippen LogP contribution in [0.2, 0.25) is 0 Å². The molecule has 3 aromatic rings. The molecular formula is C23H33N5OS. The SMILES string of the molecule is CC.CCCCCNCc1ccc(C)c(-c2nc(N)nc3sc(C(=O)NC)cc23)c1. The van der Waals surface area contributed by atoms with Crippen molar-refractivity contribution in [3.8, 4) is 11.3 Å². The molecule has 0 bridgehead atoms. The van der Waals surface area contributed by atoms with Gasteiger partial charge in [-0.3, -0.25) is 4.79 Å². The third-order valence-corrected chi connectivity index (χ3v) is 5.73. The Bertz CT molecular complexity index is 983. The van der Waals surface area contributed by atoms with E-state index >= 15 is 0 Å². The Morgan fingerprint density at radius 1 is 1.17 bits per heavy atom. The normalized spacial score (nSPS) is 10.6. The number of hydrogen-bond donors (Lipinski definition) is 3. The zero-order valence-corrected chi connectivity index (χ0v) is 19.4. The maximum Gasteiger partial charge on any atom is 0.261 e. The van der Waals surface area contributed by atoms with E-state index in [4.69, 9.17) is 5.73 Å². The monoisotopic (exact) mass is 427 g/mol. The van der Waals surface area contributed by atoms with Crippen molar-refractivity contribution in [2.24, 2.45) is 0 Å². The molecule has 3 rings (SSSR count). The fourth-order valence-electron chi connectivity index (χ4n) is 3.15. The van der Waals surface area contributed by atoms with Gasteiger partial charge in [0.1, 0.15) is 4.83 Å². The number of aryl methyl sites for hydroxylation is 1. The first kappa shape index (κ1) is 23.8. The van der Waals surface area contributed by atoms with Gasteiger partial charge in [0.2, 0.25) is 5.95 Å². The topological polar surface area (TPSA) is 92.9 Å². The first-order chi connectivity index (χ1) is 14.5. The second kappa shape index (κ2) is 11.6. The number of fused-ring (bicyclic) bond motifs is 1. The molecule has 0 aliphatic heterocycles. The molecular weight excluding hydrogens is 394 g/mol. The molecule has 0 spiro atoms. The molecule has 0 aliphatic rings. The Labute approximate surface area is 183 Å². The number of carbonyl (C=O) groups is 1. The second-order valence-electron chi connectivity index (χ2n) is 6.87. The molecule has 7 heteroatoms. The summed E-state index contributed by atoms with van der Waals surface area (Å²) in [5, 5.41) is 7.02. The number of anilines is 1. The van der Waals surface area contributed by atoms with Gasteiger partial charge in [-0.25, -0.2) is 9.97 Å². The predicted molar refractivity (Wildman–Crippen MR) is 128 cm³/mol. The lowest BCUT2D eigenvalue weighted by molar-refractivity contribution is 0.0967. The molecule has 2 heterocycles. The first-order valence-electron chi connectivity index (χ1n) is 10.6. The number of nitrogens with one attached hydrogen (secondary N) is 2. The van der Waals surface area contributed by atoms with Crippen LogP contribution in [0.1, 0.15) is 60.8 Å². The highest BCUT2D eigenvalue weighted by Crippen LogP contribution is 2.34. The van der Waals surface area contributed by atoms with Gasteiger partial charge in [-0.1, -0.05) is 45.7 Å². The summed E-state index contributed by atoms with van der Waals surface area (Å²) < 4.78 is 0. The quantitative estimate of drug-likeness (QED) is 0.444. The molecule has 162 valence electrons. The molecule has 0 unspecified atom stereocenters. The zero-order chi connectivity index (χ0) is 22.1. The second-order valence-corrected chi connectivity index (χ2v) is 7.90. The molecule has 4 N–H and O–H groups in total. The number of nitrogen functional groups attached to an aromatic ring is 1. The number of aromatic nitrogens is 2. The zero-order valence-electron chi connectivity index (χ0n) is 18.6. The third kappa shape index (κ3) is 5.77. The number of amides is 1.